The fraction of sp³-hybridized carbons (Fsp3) is 0.263. The van der Waals surface area contributed by atoms with E-state index in [0.717, 1.165) is 11.3 Å². The third kappa shape index (κ3) is 4.05. The van der Waals surface area contributed by atoms with E-state index in [1.807, 2.05) is 30.3 Å². The van der Waals surface area contributed by atoms with Crippen molar-refractivity contribution in [2.45, 2.75) is 6.92 Å². The summed E-state index contributed by atoms with van der Waals surface area (Å²) in [6.07, 6.45) is -0.614. The van der Waals surface area contributed by atoms with Gasteiger partial charge in [0.05, 0.1) is 12.3 Å². The third-order valence-electron chi connectivity index (χ3n) is 3.85. The van der Waals surface area contributed by atoms with Crippen molar-refractivity contribution in [1.82, 2.24) is 9.88 Å². The molecule has 2 aromatic rings. The molecule has 140 valence electrons. The zero-order chi connectivity index (χ0) is 19.4. The Bertz CT molecular complexity index is 894. The van der Waals surface area contributed by atoms with Crippen molar-refractivity contribution in [2.75, 3.05) is 32.6 Å². The topological polar surface area (TPSA) is 99.9 Å². The van der Waals surface area contributed by atoms with Gasteiger partial charge in [-0.2, -0.15) is 0 Å². The van der Waals surface area contributed by atoms with Crippen molar-refractivity contribution in [2.24, 2.45) is 4.99 Å². The largest absolute Gasteiger partial charge is 0.485 e. The molecule has 0 aliphatic carbocycles. The molecular weight excluding hydrogens is 346 g/mol. The molecule has 2 N–H and O–H groups in total. The summed E-state index contributed by atoms with van der Waals surface area (Å²) in [5.74, 6) is 0.852. The average molecular weight is 367 g/mol. The quantitative estimate of drug-likeness (QED) is 0.639. The van der Waals surface area contributed by atoms with Crippen LogP contribution in [0.25, 0.3) is 0 Å². The van der Waals surface area contributed by atoms with Gasteiger partial charge in [0, 0.05) is 20.2 Å². The number of ether oxygens (including phenoxy) is 2. The zero-order valence-electron chi connectivity index (χ0n) is 15.4. The molecule has 1 aliphatic heterocycles. The van der Waals surface area contributed by atoms with Gasteiger partial charge in [0.2, 0.25) is 0 Å². The summed E-state index contributed by atoms with van der Waals surface area (Å²) in [6, 6.07) is 11.3. The maximum Gasteiger partial charge on any atom is 0.412 e. The van der Waals surface area contributed by atoms with Crippen molar-refractivity contribution < 1.29 is 14.3 Å². The highest BCUT2D eigenvalue weighted by Crippen LogP contribution is 2.36. The van der Waals surface area contributed by atoms with Gasteiger partial charge in [-0.15, -0.1) is 0 Å². The summed E-state index contributed by atoms with van der Waals surface area (Å²) in [7, 11) is 3.49. The lowest BCUT2D eigenvalue weighted by molar-refractivity contribution is 0.168. The smallest absolute Gasteiger partial charge is 0.412 e. The Morgan fingerprint density at radius 2 is 2.07 bits per heavy atom. The van der Waals surface area contributed by atoms with Crippen LogP contribution in [0.2, 0.25) is 0 Å². The number of benzene rings is 1. The van der Waals surface area contributed by atoms with E-state index in [-0.39, 0.29) is 24.9 Å². The molecule has 0 bridgehead atoms. The first-order valence-electron chi connectivity index (χ1n) is 8.50. The molecule has 1 aromatic heterocycles. The Kier molecular flexibility index (Phi) is 5.35. The van der Waals surface area contributed by atoms with Gasteiger partial charge in [0.1, 0.15) is 29.6 Å². The van der Waals surface area contributed by atoms with Gasteiger partial charge in [0.15, 0.2) is 5.75 Å². The second kappa shape index (κ2) is 7.86. The number of hydrogen-bond acceptors (Lipinski definition) is 6. The molecule has 3 rings (SSSR count). The molecule has 0 radical (unpaired) electrons. The van der Waals surface area contributed by atoms with Crippen LogP contribution in [0.15, 0.2) is 41.4 Å². The lowest BCUT2D eigenvalue weighted by Gasteiger charge is -2.22. The molecule has 0 fully saturated rings. The number of nitrogens with one attached hydrogen (secondary N) is 2. The Balaban J connectivity index is 2.05. The Labute approximate surface area is 157 Å². The molecule has 1 aliphatic rings. The minimum atomic E-state index is -0.614. The monoisotopic (exact) mass is 367 g/mol. The molecule has 0 spiro atoms. The van der Waals surface area contributed by atoms with E-state index >= 15 is 0 Å². The highest BCUT2D eigenvalue weighted by atomic mass is 16.5. The van der Waals surface area contributed by atoms with Gasteiger partial charge in [-0.3, -0.25) is 10.7 Å². The number of anilines is 1. The van der Waals surface area contributed by atoms with Crippen molar-refractivity contribution in [3.8, 4) is 5.75 Å². The van der Waals surface area contributed by atoms with E-state index in [2.05, 4.69) is 10.3 Å². The van der Waals surface area contributed by atoms with Crippen molar-refractivity contribution in [1.29, 1.82) is 5.41 Å². The molecule has 8 heteroatoms. The number of aliphatic imine (C=N–C) groups is 1. The minimum absolute atomic E-state index is 0.153. The number of fused-ring (bicyclic) bond motifs is 1. The van der Waals surface area contributed by atoms with Crippen LogP contribution in [0.3, 0.4) is 0 Å². The van der Waals surface area contributed by atoms with Crippen LogP contribution >= 0.6 is 0 Å². The van der Waals surface area contributed by atoms with Crippen LogP contribution in [0, 0.1) is 5.41 Å². The number of rotatable bonds is 4. The standard InChI is InChI=1S/C19H21N5O3/c1-4-26-19(25)23-15-10-14-16(17(22-15)18(20)24(2)3)21-13(11-27-14)12-8-6-5-7-9-12/h5-10,20H,4,11H2,1-3H3,(H,22,23,25). The fourth-order valence-corrected chi connectivity index (χ4v) is 2.54. The number of pyridine rings is 1. The van der Waals surface area contributed by atoms with Gasteiger partial charge in [-0.25, -0.2) is 14.8 Å². The number of aromatic nitrogens is 1. The van der Waals surface area contributed by atoms with E-state index in [1.165, 1.54) is 0 Å². The number of amides is 1. The van der Waals surface area contributed by atoms with Gasteiger partial charge >= 0.3 is 6.09 Å². The van der Waals surface area contributed by atoms with E-state index in [9.17, 15) is 4.79 Å². The van der Waals surface area contributed by atoms with Crippen LogP contribution in [-0.2, 0) is 4.74 Å². The maximum absolute atomic E-state index is 11.7. The van der Waals surface area contributed by atoms with Crippen molar-refractivity contribution in [3.63, 3.8) is 0 Å². The Hall–Kier alpha value is -3.42. The first kappa shape index (κ1) is 18.4. The zero-order valence-corrected chi connectivity index (χ0v) is 15.4. The number of carbonyl (C=O) groups is 1. The van der Waals surface area contributed by atoms with Crippen LogP contribution in [-0.4, -0.2) is 54.8 Å². The second-order valence-electron chi connectivity index (χ2n) is 6.00. The van der Waals surface area contributed by atoms with Crippen molar-refractivity contribution in [3.05, 3.63) is 47.7 Å². The molecule has 0 saturated carbocycles. The maximum atomic E-state index is 11.7. The summed E-state index contributed by atoms with van der Waals surface area (Å²) < 4.78 is 10.8. The van der Waals surface area contributed by atoms with Crippen LogP contribution in [0.5, 0.6) is 5.75 Å². The van der Waals surface area contributed by atoms with E-state index in [1.54, 1.807) is 32.0 Å². The molecular formula is C19H21N5O3. The van der Waals surface area contributed by atoms with Gasteiger partial charge in [-0.05, 0) is 12.5 Å². The number of hydrogen-bond donors (Lipinski definition) is 2. The molecule has 27 heavy (non-hydrogen) atoms. The predicted molar refractivity (Wildman–Crippen MR) is 104 cm³/mol. The molecule has 0 unspecified atom stereocenters. The minimum Gasteiger partial charge on any atom is -0.485 e. The predicted octanol–water partition coefficient (Wildman–Crippen LogP) is 3.05. The molecule has 1 aromatic carbocycles. The lowest BCUT2D eigenvalue weighted by atomic mass is 10.1. The number of nitrogens with zero attached hydrogens (tertiary/aromatic N) is 3. The van der Waals surface area contributed by atoms with Gasteiger partial charge in [0.25, 0.3) is 0 Å². The first-order valence-corrected chi connectivity index (χ1v) is 8.50. The molecule has 0 saturated heterocycles. The summed E-state index contributed by atoms with van der Waals surface area (Å²) in [4.78, 5) is 22.4. The van der Waals surface area contributed by atoms with E-state index < -0.39 is 6.09 Å². The van der Waals surface area contributed by atoms with Gasteiger partial charge in [-0.1, -0.05) is 30.3 Å². The Morgan fingerprint density at radius 1 is 1.33 bits per heavy atom. The average Bonchev–Trinajstić information content (AvgIpc) is 2.67. The first-order chi connectivity index (χ1) is 13.0. The lowest BCUT2D eigenvalue weighted by Crippen LogP contribution is -2.26. The molecule has 0 atom stereocenters. The highest BCUT2D eigenvalue weighted by Gasteiger charge is 2.24. The third-order valence-corrected chi connectivity index (χ3v) is 3.85. The summed E-state index contributed by atoms with van der Waals surface area (Å²) in [6.45, 7) is 2.25. The normalized spacial score (nSPS) is 12.3. The van der Waals surface area contributed by atoms with E-state index in [0.29, 0.717) is 17.1 Å². The highest BCUT2D eigenvalue weighted by molar-refractivity contribution is 6.08. The summed E-state index contributed by atoms with van der Waals surface area (Å²) in [5.41, 5.74) is 2.48. The van der Waals surface area contributed by atoms with Crippen LogP contribution < -0.4 is 10.1 Å². The molecule has 1 amide bonds. The van der Waals surface area contributed by atoms with Crippen LogP contribution in [0.4, 0.5) is 16.3 Å². The summed E-state index contributed by atoms with van der Waals surface area (Å²) in [5, 5.41) is 10.9. The van der Waals surface area contributed by atoms with E-state index in [4.69, 9.17) is 19.9 Å². The van der Waals surface area contributed by atoms with Crippen LogP contribution in [0.1, 0.15) is 18.2 Å². The molecule has 2 heterocycles. The molecule has 8 nitrogen and oxygen atoms in total. The number of amidine groups is 1. The summed E-state index contributed by atoms with van der Waals surface area (Å²) >= 11 is 0. The number of carbonyl (C=O) groups excluding carboxylic acids is 1. The fourth-order valence-electron chi connectivity index (χ4n) is 2.54. The van der Waals surface area contributed by atoms with Gasteiger partial charge < -0.3 is 14.4 Å². The SMILES string of the molecule is CCOC(=O)Nc1cc2c(c(C(=N)N(C)C)n1)N=C(c1ccccc1)CO2. The second-order valence-corrected chi connectivity index (χ2v) is 6.00. The Morgan fingerprint density at radius 3 is 2.74 bits per heavy atom. The van der Waals surface area contributed by atoms with Crippen molar-refractivity contribution >= 4 is 29.1 Å².